The molecule has 1 heterocycles. The first-order valence-electron chi connectivity index (χ1n) is 7.01. The van der Waals surface area contributed by atoms with Crippen LogP contribution in [0.2, 0.25) is 0 Å². The van der Waals surface area contributed by atoms with Gasteiger partial charge in [0.1, 0.15) is 5.75 Å². The third-order valence-corrected chi connectivity index (χ3v) is 3.95. The van der Waals surface area contributed by atoms with Crippen LogP contribution in [0.5, 0.6) is 5.75 Å². The number of alkyl halides is 2. The average Bonchev–Trinajstić information content (AvgIpc) is 2.71. The minimum Gasteiger partial charge on any atom is -0.435 e. The molecule has 5 heteroatoms. The molecule has 2 N–H and O–H groups in total. The summed E-state index contributed by atoms with van der Waals surface area (Å²) in [5.41, 5.74) is 6.97. The summed E-state index contributed by atoms with van der Waals surface area (Å²) in [6.07, 6.45) is 1.17. The minimum atomic E-state index is -2.79. The van der Waals surface area contributed by atoms with E-state index in [4.69, 9.17) is 5.73 Å². The largest absolute Gasteiger partial charge is 0.435 e. The number of rotatable bonds is 5. The molecule has 0 aliphatic carbocycles. The number of hydrogen-bond donors (Lipinski definition) is 1. The second-order valence-corrected chi connectivity index (χ2v) is 5.59. The summed E-state index contributed by atoms with van der Waals surface area (Å²) >= 11 is 0. The van der Waals surface area contributed by atoms with Crippen LogP contribution in [-0.4, -0.2) is 30.6 Å². The Kier molecular flexibility index (Phi) is 4.94. The summed E-state index contributed by atoms with van der Waals surface area (Å²) in [5, 5.41) is 0. The van der Waals surface area contributed by atoms with Crippen molar-refractivity contribution in [3.05, 3.63) is 29.8 Å². The number of nitrogens with two attached hydrogens (primary N) is 1. The number of ether oxygens (including phenoxy) is 1. The third kappa shape index (κ3) is 3.46. The van der Waals surface area contributed by atoms with E-state index in [1.54, 1.807) is 12.1 Å². The number of nitrogens with zero attached hydrogens (tertiary/aromatic N) is 1. The summed E-state index contributed by atoms with van der Waals surface area (Å²) in [7, 11) is 0. The molecule has 0 amide bonds. The van der Waals surface area contributed by atoms with E-state index in [2.05, 4.69) is 23.5 Å². The molecule has 1 saturated heterocycles. The third-order valence-electron chi connectivity index (χ3n) is 3.95. The Morgan fingerprint density at radius 1 is 1.30 bits per heavy atom. The molecule has 1 aliphatic rings. The van der Waals surface area contributed by atoms with E-state index in [0.29, 0.717) is 18.5 Å². The summed E-state index contributed by atoms with van der Waals surface area (Å²) in [6.45, 7) is 3.21. The fraction of sp³-hybridized carbons (Fsp3) is 0.600. The highest BCUT2D eigenvalue weighted by atomic mass is 19.3. The predicted molar refractivity (Wildman–Crippen MR) is 74.8 cm³/mol. The number of halogens is 2. The predicted octanol–water partition coefficient (Wildman–Crippen LogP) is 3.02. The van der Waals surface area contributed by atoms with Crippen LogP contribution < -0.4 is 10.5 Å². The maximum atomic E-state index is 12.1. The summed E-state index contributed by atoms with van der Waals surface area (Å²) in [4.78, 5) is 2.40. The Bertz CT molecular complexity index is 424. The second kappa shape index (κ2) is 6.50. The molecule has 0 saturated carbocycles. The van der Waals surface area contributed by atoms with Crippen LogP contribution in [0.1, 0.15) is 31.9 Å². The van der Waals surface area contributed by atoms with E-state index >= 15 is 0 Å². The average molecular weight is 284 g/mol. The highest BCUT2D eigenvalue weighted by molar-refractivity contribution is 5.29. The Balaban J connectivity index is 2.11. The van der Waals surface area contributed by atoms with Crippen molar-refractivity contribution in [3.63, 3.8) is 0 Å². The molecule has 2 rings (SSSR count). The first-order valence-corrected chi connectivity index (χ1v) is 7.01. The zero-order valence-electron chi connectivity index (χ0n) is 11.9. The van der Waals surface area contributed by atoms with Crippen LogP contribution >= 0.6 is 0 Å². The Labute approximate surface area is 118 Å². The summed E-state index contributed by atoms with van der Waals surface area (Å²) in [5.74, 6) is 0.850. The van der Waals surface area contributed by atoms with Gasteiger partial charge in [-0.05, 0) is 37.0 Å². The lowest BCUT2D eigenvalue weighted by Gasteiger charge is -2.31. The number of likely N-dealkylation sites (tertiary alicyclic amines) is 1. The topological polar surface area (TPSA) is 38.5 Å². The van der Waals surface area contributed by atoms with E-state index in [-0.39, 0.29) is 11.8 Å². The molecule has 1 fully saturated rings. The first-order chi connectivity index (χ1) is 9.51. The van der Waals surface area contributed by atoms with Gasteiger partial charge >= 0.3 is 6.61 Å². The monoisotopic (exact) mass is 284 g/mol. The van der Waals surface area contributed by atoms with E-state index < -0.39 is 6.61 Å². The SMILES string of the molecule is CC1CC(C)N(C(CN)c2ccc(OC(F)F)cc2)C1. The van der Waals surface area contributed by atoms with Gasteiger partial charge in [-0.25, -0.2) is 0 Å². The number of benzene rings is 1. The molecule has 0 spiro atoms. The van der Waals surface area contributed by atoms with Gasteiger partial charge in [-0.3, -0.25) is 4.90 Å². The molecular formula is C15H22F2N2O. The minimum absolute atomic E-state index is 0.135. The molecule has 3 unspecified atom stereocenters. The van der Waals surface area contributed by atoms with Gasteiger partial charge in [0.05, 0.1) is 0 Å². The van der Waals surface area contributed by atoms with Crippen molar-refractivity contribution in [1.82, 2.24) is 4.90 Å². The highest BCUT2D eigenvalue weighted by Crippen LogP contribution is 2.32. The van der Waals surface area contributed by atoms with Gasteiger partial charge in [-0.1, -0.05) is 19.1 Å². The van der Waals surface area contributed by atoms with Gasteiger partial charge in [0, 0.05) is 25.2 Å². The zero-order chi connectivity index (χ0) is 14.7. The van der Waals surface area contributed by atoms with E-state index in [9.17, 15) is 8.78 Å². The van der Waals surface area contributed by atoms with Gasteiger partial charge in [0.25, 0.3) is 0 Å². The normalized spacial score (nSPS) is 25.1. The molecule has 1 aliphatic heterocycles. The van der Waals surface area contributed by atoms with Crippen molar-refractivity contribution in [3.8, 4) is 5.75 Å². The van der Waals surface area contributed by atoms with Crippen molar-refractivity contribution in [1.29, 1.82) is 0 Å². The van der Waals surface area contributed by atoms with Crippen LogP contribution in [0.25, 0.3) is 0 Å². The number of hydrogen-bond acceptors (Lipinski definition) is 3. The fourth-order valence-corrected chi connectivity index (χ4v) is 3.10. The Hall–Kier alpha value is -1.20. The smallest absolute Gasteiger partial charge is 0.387 e. The Morgan fingerprint density at radius 3 is 2.40 bits per heavy atom. The van der Waals surface area contributed by atoms with Crippen molar-refractivity contribution >= 4 is 0 Å². The highest BCUT2D eigenvalue weighted by Gasteiger charge is 2.31. The molecule has 20 heavy (non-hydrogen) atoms. The molecule has 3 nitrogen and oxygen atoms in total. The van der Waals surface area contributed by atoms with Crippen molar-refractivity contribution in [2.75, 3.05) is 13.1 Å². The van der Waals surface area contributed by atoms with Crippen molar-refractivity contribution < 1.29 is 13.5 Å². The van der Waals surface area contributed by atoms with Crippen LogP contribution in [0.3, 0.4) is 0 Å². The van der Waals surface area contributed by atoms with E-state index in [0.717, 1.165) is 12.1 Å². The van der Waals surface area contributed by atoms with Gasteiger partial charge in [-0.15, -0.1) is 0 Å². The van der Waals surface area contributed by atoms with Crippen LogP contribution in [-0.2, 0) is 0 Å². The first kappa shape index (κ1) is 15.2. The summed E-state index contributed by atoms with van der Waals surface area (Å²) < 4.78 is 28.6. The maximum Gasteiger partial charge on any atom is 0.387 e. The second-order valence-electron chi connectivity index (χ2n) is 5.59. The van der Waals surface area contributed by atoms with Crippen molar-refractivity contribution in [2.45, 2.75) is 39.0 Å². The zero-order valence-corrected chi connectivity index (χ0v) is 11.9. The lowest BCUT2D eigenvalue weighted by molar-refractivity contribution is -0.0498. The van der Waals surface area contributed by atoms with Crippen LogP contribution in [0, 0.1) is 5.92 Å². The van der Waals surface area contributed by atoms with E-state index in [1.165, 1.54) is 6.42 Å². The van der Waals surface area contributed by atoms with Crippen LogP contribution in [0.15, 0.2) is 24.3 Å². The molecule has 0 bridgehead atoms. The molecule has 1 aromatic carbocycles. The quantitative estimate of drug-likeness (QED) is 0.903. The van der Waals surface area contributed by atoms with Gasteiger partial charge in [0.2, 0.25) is 0 Å². The lowest BCUT2D eigenvalue weighted by Crippen LogP contribution is -2.36. The van der Waals surface area contributed by atoms with E-state index in [1.807, 2.05) is 12.1 Å². The Morgan fingerprint density at radius 2 is 1.95 bits per heavy atom. The molecule has 0 aromatic heterocycles. The molecule has 0 radical (unpaired) electrons. The fourth-order valence-electron chi connectivity index (χ4n) is 3.10. The van der Waals surface area contributed by atoms with Crippen molar-refractivity contribution in [2.24, 2.45) is 11.7 Å². The molecule has 112 valence electrons. The molecule has 3 atom stereocenters. The van der Waals surface area contributed by atoms with Gasteiger partial charge in [0.15, 0.2) is 0 Å². The standard InChI is InChI=1S/C15H22F2N2O/c1-10-7-11(2)19(9-10)14(8-18)12-3-5-13(6-4-12)20-15(16)17/h3-6,10-11,14-15H,7-9,18H2,1-2H3. The molecular weight excluding hydrogens is 262 g/mol. The summed E-state index contributed by atoms with van der Waals surface area (Å²) in [6, 6.07) is 7.43. The maximum absolute atomic E-state index is 12.1. The van der Waals surface area contributed by atoms with Gasteiger partial charge in [-0.2, -0.15) is 8.78 Å². The van der Waals surface area contributed by atoms with Crippen LogP contribution in [0.4, 0.5) is 8.78 Å². The lowest BCUT2D eigenvalue weighted by atomic mass is 10.0. The van der Waals surface area contributed by atoms with Gasteiger partial charge < -0.3 is 10.5 Å². The molecule has 1 aromatic rings.